The van der Waals surface area contributed by atoms with E-state index in [0.717, 1.165) is 19.3 Å². The number of methoxy groups -OCH3 is 1. The molecule has 18 heavy (non-hydrogen) atoms. The van der Waals surface area contributed by atoms with E-state index in [1.165, 1.54) is 19.2 Å². The number of nitrogens with one attached hydrogen (secondary N) is 1. The predicted octanol–water partition coefficient (Wildman–Crippen LogP) is 1.45. The summed E-state index contributed by atoms with van der Waals surface area (Å²) >= 11 is 0. The molecule has 1 fully saturated rings. The van der Waals surface area contributed by atoms with Crippen LogP contribution in [0, 0.1) is 5.82 Å². The van der Waals surface area contributed by atoms with Crippen LogP contribution in [0.5, 0.6) is 5.75 Å². The summed E-state index contributed by atoms with van der Waals surface area (Å²) in [6.07, 6.45) is 2.75. The normalized spacial score (nSPS) is 16.8. The second-order valence-corrected chi connectivity index (χ2v) is 4.64. The summed E-state index contributed by atoms with van der Waals surface area (Å²) in [4.78, 5) is 12.0. The Kier molecular flexibility index (Phi) is 3.52. The van der Waals surface area contributed by atoms with Gasteiger partial charge in [-0.1, -0.05) is 0 Å². The first kappa shape index (κ1) is 12.8. The molecule has 98 valence electrons. The molecule has 0 aromatic heterocycles. The maximum Gasteiger partial charge on any atom is 0.254 e. The van der Waals surface area contributed by atoms with Gasteiger partial charge in [0.15, 0.2) is 0 Å². The Morgan fingerprint density at radius 2 is 2.28 bits per heavy atom. The van der Waals surface area contributed by atoms with E-state index in [1.54, 1.807) is 6.07 Å². The molecule has 4 nitrogen and oxygen atoms in total. The molecule has 0 heterocycles. The van der Waals surface area contributed by atoms with E-state index in [1.807, 2.05) is 0 Å². The second-order valence-electron chi connectivity index (χ2n) is 4.64. The largest absolute Gasteiger partial charge is 0.497 e. The van der Waals surface area contributed by atoms with Crippen molar-refractivity contribution in [3.05, 3.63) is 29.6 Å². The molecule has 0 bridgehead atoms. The molecule has 1 amide bonds. The molecular weight excluding hydrogens is 235 g/mol. The number of amides is 1. The van der Waals surface area contributed by atoms with Gasteiger partial charge in [-0.2, -0.15) is 0 Å². The maximum absolute atomic E-state index is 13.7. The van der Waals surface area contributed by atoms with E-state index in [-0.39, 0.29) is 11.1 Å². The van der Waals surface area contributed by atoms with Crippen molar-refractivity contribution in [2.45, 2.75) is 24.8 Å². The number of nitrogens with two attached hydrogens (primary N) is 1. The summed E-state index contributed by atoms with van der Waals surface area (Å²) in [6, 6.07) is 4.19. The van der Waals surface area contributed by atoms with Gasteiger partial charge in [0.2, 0.25) is 0 Å². The number of ether oxygens (including phenoxy) is 1. The molecule has 1 aromatic carbocycles. The van der Waals surface area contributed by atoms with Crippen molar-refractivity contribution >= 4 is 5.91 Å². The van der Waals surface area contributed by atoms with Gasteiger partial charge in [0, 0.05) is 12.6 Å². The van der Waals surface area contributed by atoms with E-state index in [9.17, 15) is 9.18 Å². The third-order valence-corrected chi connectivity index (χ3v) is 3.50. The minimum atomic E-state index is -0.585. The molecule has 0 spiro atoms. The molecule has 0 unspecified atom stereocenters. The Bertz CT molecular complexity index is 453. The highest BCUT2D eigenvalue weighted by atomic mass is 19.1. The fourth-order valence-electron chi connectivity index (χ4n) is 2.10. The standard InChI is InChI=1S/C13H17FN2O2/c1-18-9-3-4-10(11(14)7-9)12(17)16-13(8-15)5-2-6-13/h3-4,7H,2,5-6,8,15H2,1H3,(H,16,17). The van der Waals surface area contributed by atoms with Gasteiger partial charge in [0.1, 0.15) is 11.6 Å². The van der Waals surface area contributed by atoms with Crippen LogP contribution in [-0.2, 0) is 0 Å². The Labute approximate surface area is 105 Å². The van der Waals surface area contributed by atoms with Crippen LogP contribution in [0.2, 0.25) is 0 Å². The van der Waals surface area contributed by atoms with Crippen molar-refractivity contribution in [1.29, 1.82) is 0 Å². The van der Waals surface area contributed by atoms with Crippen LogP contribution in [0.15, 0.2) is 18.2 Å². The highest BCUT2D eigenvalue weighted by Gasteiger charge is 2.37. The second kappa shape index (κ2) is 4.94. The van der Waals surface area contributed by atoms with Crippen molar-refractivity contribution in [1.82, 2.24) is 5.32 Å². The first-order valence-corrected chi connectivity index (χ1v) is 5.96. The Hall–Kier alpha value is -1.62. The number of halogens is 1. The quantitative estimate of drug-likeness (QED) is 0.852. The molecule has 2 rings (SSSR count). The van der Waals surface area contributed by atoms with E-state index in [4.69, 9.17) is 10.5 Å². The average molecular weight is 252 g/mol. The Morgan fingerprint density at radius 1 is 1.56 bits per heavy atom. The summed E-state index contributed by atoms with van der Waals surface area (Å²) in [5.74, 6) is -0.611. The summed E-state index contributed by atoms with van der Waals surface area (Å²) < 4.78 is 18.6. The Balaban J connectivity index is 2.14. The molecule has 0 atom stereocenters. The molecular formula is C13H17FN2O2. The number of rotatable bonds is 4. The lowest BCUT2D eigenvalue weighted by Crippen LogP contribution is -2.58. The lowest BCUT2D eigenvalue weighted by molar-refractivity contribution is 0.0833. The molecule has 1 aromatic rings. The summed E-state index contributed by atoms with van der Waals surface area (Å²) in [6.45, 7) is 0.385. The highest BCUT2D eigenvalue weighted by Crippen LogP contribution is 2.31. The van der Waals surface area contributed by atoms with Crippen LogP contribution in [-0.4, -0.2) is 25.1 Å². The zero-order valence-corrected chi connectivity index (χ0v) is 10.3. The fourth-order valence-corrected chi connectivity index (χ4v) is 2.10. The zero-order valence-electron chi connectivity index (χ0n) is 10.3. The van der Waals surface area contributed by atoms with Gasteiger partial charge >= 0.3 is 0 Å². The van der Waals surface area contributed by atoms with Gasteiger partial charge in [0.05, 0.1) is 18.2 Å². The lowest BCUT2D eigenvalue weighted by atomic mass is 9.76. The van der Waals surface area contributed by atoms with Crippen molar-refractivity contribution in [3.8, 4) is 5.75 Å². The molecule has 5 heteroatoms. The first-order chi connectivity index (χ1) is 8.60. The third kappa shape index (κ3) is 2.31. The average Bonchev–Trinajstić information content (AvgIpc) is 2.33. The SMILES string of the molecule is COc1ccc(C(=O)NC2(CN)CCC2)c(F)c1. The van der Waals surface area contributed by atoms with Crippen molar-refractivity contribution < 1.29 is 13.9 Å². The molecule has 3 N–H and O–H groups in total. The first-order valence-electron chi connectivity index (χ1n) is 5.96. The van der Waals surface area contributed by atoms with Crippen molar-refractivity contribution in [2.24, 2.45) is 5.73 Å². The predicted molar refractivity (Wildman–Crippen MR) is 66.1 cm³/mol. The van der Waals surface area contributed by atoms with Crippen LogP contribution in [0.3, 0.4) is 0 Å². The molecule has 0 radical (unpaired) electrons. The van der Waals surface area contributed by atoms with Crippen LogP contribution >= 0.6 is 0 Å². The van der Waals surface area contributed by atoms with Crippen molar-refractivity contribution in [3.63, 3.8) is 0 Å². The van der Waals surface area contributed by atoms with Gasteiger partial charge < -0.3 is 15.8 Å². The van der Waals surface area contributed by atoms with Crippen molar-refractivity contribution in [2.75, 3.05) is 13.7 Å². The van der Waals surface area contributed by atoms with Gasteiger partial charge in [-0.15, -0.1) is 0 Å². The fraction of sp³-hybridized carbons (Fsp3) is 0.462. The van der Waals surface area contributed by atoms with E-state index in [2.05, 4.69) is 5.32 Å². The number of carbonyl (C=O) groups is 1. The molecule has 0 saturated heterocycles. The number of benzene rings is 1. The topological polar surface area (TPSA) is 64.3 Å². The van der Waals surface area contributed by atoms with Gasteiger partial charge in [0.25, 0.3) is 5.91 Å². The summed E-state index contributed by atoms with van der Waals surface area (Å²) in [5, 5.41) is 2.83. The highest BCUT2D eigenvalue weighted by molar-refractivity contribution is 5.95. The monoisotopic (exact) mass is 252 g/mol. The number of hydrogen-bond donors (Lipinski definition) is 2. The van der Waals surface area contributed by atoms with Crippen LogP contribution < -0.4 is 15.8 Å². The van der Waals surface area contributed by atoms with Crippen LogP contribution in [0.25, 0.3) is 0 Å². The van der Waals surface area contributed by atoms with E-state index < -0.39 is 11.7 Å². The molecule has 1 aliphatic rings. The lowest BCUT2D eigenvalue weighted by Gasteiger charge is -2.41. The van der Waals surface area contributed by atoms with Gasteiger partial charge in [-0.25, -0.2) is 4.39 Å². The van der Waals surface area contributed by atoms with Gasteiger partial charge in [-0.3, -0.25) is 4.79 Å². The molecule has 1 aliphatic carbocycles. The summed E-state index contributed by atoms with van der Waals surface area (Å²) in [7, 11) is 1.45. The van der Waals surface area contributed by atoms with Crippen LogP contribution in [0.1, 0.15) is 29.6 Å². The third-order valence-electron chi connectivity index (χ3n) is 3.50. The summed E-state index contributed by atoms with van der Waals surface area (Å²) in [5.41, 5.74) is 5.33. The van der Waals surface area contributed by atoms with E-state index in [0.29, 0.717) is 12.3 Å². The minimum Gasteiger partial charge on any atom is -0.497 e. The minimum absolute atomic E-state index is 0.0236. The molecule has 0 aliphatic heterocycles. The smallest absolute Gasteiger partial charge is 0.254 e. The van der Waals surface area contributed by atoms with Crippen LogP contribution in [0.4, 0.5) is 4.39 Å². The Morgan fingerprint density at radius 3 is 2.72 bits per heavy atom. The zero-order chi connectivity index (χ0) is 13.2. The number of hydrogen-bond acceptors (Lipinski definition) is 3. The maximum atomic E-state index is 13.7. The number of carbonyl (C=O) groups excluding carboxylic acids is 1. The van der Waals surface area contributed by atoms with Gasteiger partial charge in [-0.05, 0) is 31.4 Å². The molecule has 1 saturated carbocycles. The van der Waals surface area contributed by atoms with E-state index >= 15 is 0 Å².